The van der Waals surface area contributed by atoms with E-state index in [-0.39, 0.29) is 0 Å². The van der Waals surface area contributed by atoms with Gasteiger partial charge in [-0.05, 0) is 46.3 Å². The van der Waals surface area contributed by atoms with Gasteiger partial charge >= 0.3 is 24.3 Å². The molecule has 4 aromatic rings. The minimum absolute atomic E-state index is 0.516. The van der Waals surface area contributed by atoms with Crippen molar-refractivity contribution in [2.45, 2.75) is 12.4 Å². The molecular formula is C20H16BrF6N7O5. The van der Waals surface area contributed by atoms with Crippen LogP contribution in [0.1, 0.15) is 0 Å². The molecule has 5 N–H and O–H groups in total. The lowest BCUT2D eigenvalue weighted by atomic mass is 10.2. The van der Waals surface area contributed by atoms with Crippen LogP contribution in [0.5, 0.6) is 5.75 Å². The molecule has 0 aliphatic heterocycles. The van der Waals surface area contributed by atoms with Crippen LogP contribution in [0, 0.1) is 0 Å². The maximum absolute atomic E-state index is 10.6. The molecule has 0 aliphatic rings. The van der Waals surface area contributed by atoms with Crippen LogP contribution in [0.4, 0.5) is 32.3 Å². The van der Waals surface area contributed by atoms with Gasteiger partial charge in [0.1, 0.15) is 24.5 Å². The second-order valence-corrected chi connectivity index (χ2v) is 7.77. The second-order valence-electron chi connectivity index (χ2n) is 6.85. The molecule has 0 aliphatic carbocycles. The van der Waals surface area contributed by atoms with Gasteiger partial charge < -0.3 is 25.3 Å². The van der Waals surface area contributed by atoms with Gasteiger partial charge in [-0.15, -0.1) is 0 Å². The van der Waals surface area contributed by atoms with Crippen molar-refractivity contribution in [3.63, 3.8) is 0 Å². The molecule has 0 fully saturated rings. The lowest BCUT2D eigenvalue weighted by Crippen LogP contribution is -2.21. The van der Waals surface area contributed by atoms with E-state index < -0.39 is 24.3 Å². The van der Waals surface area contributed by atoms with Gasteiger partial charge in [0.2, 0.25) is 5.95 Å². The van der Waals surface area contributed by atoms with Gasteiger partial charge in [-0.2, -0.15) is 31.4 Å². The number of aromatic nitrogens is 6. The first kappa shape index (κ1) is 30.8. The van der Waals surface area contributed by atoms with Crippen LogP contribution in [0.3, 0.4) is 0 Å². The number of fused-ring (bicyclic) bond motifs is 1. The highest BCUT2D eigenvalue weighted by Gasteiger charge is 2.38. The summed E-state index contributed by atoms with van der Waals surface area (Å²) < 4.78 is 70.1. The summed E-state index contributed by atoms with van der Waals surface area (Å²) in [6, 6.07) is 9.72. The molecule has 3 aromatic heterocycles. The van der Waals surface area contributed by atoms with E-state index in [4.69, 9.17) is 24.5 Å². The van der Waals surface area contributed by atoms with Crippen molar-refractivity contribution in [2.24, 2.45) is 0 Å². The summed E-state index contributed by atoms with van der Waals surface area (Å²) in [7, 11) is 0. The quantitative estimate of drug-likeness (QED) is 0.153. The largest absolute Gasteiger partial charge is 0.492 e. The predicted octanol–water partition coefficient (Wildman–Crippen LogP) is 4.26. The molecule has 19 heteroatoms. The molecular weight excluding hydrogens is 612 g/mol. The molecule has 4 rings (SSSR count). The first-order valence-electron chi connectivity index (χ1n) is 10.1. The number of benzene rings is 1. The van der Waals surface area contributed by atoms with E-state index in [9.17, 15) is 26.3 Å². The molecule has 0 saturated carbocycles. The molecule has 0 amide bonds. The fraction of sp³-hybridized carbons (Fsp3) is 0.200. The van der Waals surface area contributed by atoms with Gasteiger partial charge in [0, 0.05) is 16.2 Å². The number of carbonyl (C=O) groups is 2. The van der Waals surface area contributed by atoms with Gasteiger partial charge in [0.25, 0.3) is 0 Å². The number of alkyl halides is 6. The number of carboxylic acids is 2. The Morgan fingerprint density at radius 1 is 1.00 bits per heavy atom. The van der Waals surface area contributed by atoms with E-state index in [1.807, 2.05) is 30.3 Å². The van der Waals surface area contributed by atoms with Crippen LogP contribution in [0.2, 0.25) is 0 Å². The Kier molecular flexibility index (Phi) is 10.6. The number of anilines is 1. The lowest BCUT2D eigenvalue weighted by Gasteiger charge is -2.07. The Balaban J connectivity index is 0.000000317. The number of aromatic amines is 2. The number of carboxylic acid groups (broad SMARTS) is 2. The Morgan fingerprint density at radius 3 is 2.10 bits per heavy atom. The third-order valence-corrected chi connectivity index (χ3v) is 4.43. The van der Waals surface area contributed by atoms with Crippen LogP contribution >= 0.6 is 15.9 Å². The fourth-order valence-corrected chi connectivity index (χ4v) is 2.68. The average molecular weight is 628 g/mol. The average Bonchev–Trinajstić information content (AvgIpc) is 3.51. The van der Waals surface area contributed by atoms with E-state index in [1.54, 1.807) is 6.20 Å². The molecule has 0 spiro atoms. The fourth-order valence-electron chi connectivity index (χ4n) is 2.35. The lowest BCUT2D eigenvalue weighted by molar-refractivity contribution is -0.193. The summed E-state index contributed by atoms with van der Waals surface area (Å²) in [5, 5.41) is 23.8. The summed E-state index contributed by atoms with van der Waals surface area (Å²) in [5.74, 6) is -3.32. The second kappa shape index (κ2) is 13.4. The highest BCUT2D eigenvalue weighted by atomic mass is 79.9. The Labute approximate surface area is 221 Å². The number of hydrogen-bond acceptors (Lipinski definition) is 8. The van der Waals surface area contributed by atoms with Gasteiger partial charge in [-0.1, -0.05) is 0 Å². The van der Waals surface area contributed by atoms with Gasteiger partial charge in [-0.3, -0.25) is 0 Å². The summed E-state index contributed by atoms with van der Waals surface area (Å²) in [5.41, 5.74) is 2.56. The number of nitrogens with one attached hydrogen (secondary N) is 3. The van der Waals surface area contributed by atoms with Crippen LogP contribution in [0.15, 0.2) is 47.3 Å². The Bertz CT molecular complexity index is 1340. The minimum atomic E-state index is -5.08. The van der Waals surface area contributed by atoms with E-state index in [2.05, 4.69) is 51.4 Å². The van der Waals surface area contributed by atoms with Crippen molar-refractivity contribution in [1.82, 2.24) is 30.1 Å². The highest BCUT2D eigenvalue weighted by Crippen LogP contribution is 2.23. The normalized spacial score (nSPS) is 11.1. The number of pyridine rings is 1. The monoisotopic (exact) mass is 627 g/mol. The molecule has 0 unspecified atom stereocenters. The van der Waals surface area contributed by atoms with Crippen molar-refractivity contribution in [3.8, 4) is 17.1 Å². The molecule has 39 heavy (non-hydrogen) atoms. The number of ether oxygens (including phenoxy) is 1. The molecule has 3 heterocycles. The number of nitrogens with zero attached hydrogens (tertiary/aromatic N) is 4. The smallest absolute Gasteiger partial charge is 0.490 e. The number of rotatable bonds is 6. The summed E-state index contributed by atoms with van der Waals surface area (Å²) in [4.78, 5) is 33.8. The minimum Gasteiger partial charge on any atom is -0.492 e. The molecule has 0 atom stereocenters. The summed E-state index contributed by atoms with van der Waals surface area (Å²) in [6.45, 7) is 1.14. The standard InChI is InChI=1S/C16H14BrN7O.2C2HF3O2/c17-11-7-13-15(19-8-11)23-14(22-13)10-1-3-12(4-2-10)25-6-5-18-16-20-9-21-24-16;2*3-2(4,5)1(6)7/h1-4,7-9H,5-6H2,(H,19,22,23)(H2,18,20,21,24);2*(H,6,7). The molecule has 0 radical (unpaired) electrons. The number of imidazole rings is 1. The van der Waals surface area contributed by atoms with E-state index in [1.165, 1.54) is 6.33 Å². The molecule has 210 valence electrons. The van der Waals surface area contributed by atoms with Crippen molar-refractivity contribution in [2.75, 3.05) is 18.5 Å². The van der Waals surface area contributed by atoms with Crippen LogP contribution in [0.25, 0.3) is 22.6 Å². The van der Waals surface area contributed by atoms with Crippen molar-refractivity contribution in [1.29, 1.82) is 0 Å². The zero-order valence-corrected chi connectivity index (χ0v) is 20.6. The summed E-state index contributed by atoms with van der Waals surface area (Å²) in [6.07, 6.45) is -6.98. The maximum Gasteiger partial charge on any atom is 0.490 e. The van der Waals surface area contributed by atoms with E-state index in [0.717, 1.165) is 27.1 Å². The molecule has 0 saturated heterocycles. The van der Waals surface area contributed by atoms with Gasteiger partial charge in [-0.25, -0.2) is 29.6 Å². The number of H-pyrrole nitrogens is 2. The van der Waals surface area contributed by atoms with Gasteiger partial charge in [0.15, 0.2) is 5.65 Å². The zero-order valence-electron chi connectivity index (χ0n) is 19.0. The first-order chi connectivity index (χ1) is 18.2. The first-order valence-corrected chi connectivity index (χ1v) is 10.9. The van der Waals surface area contributed by atoms with Crippen LogP contribution < -0.4 is 10.1 Å². The number of aliphatic carboxylic acids is 2. The molecule has 1 aromatic carbocycles. The van der Waals surface area contributed by atoms with Crippen LogP contribution in [-0.2, 0) is 9.59 Å². The predicted molar refractivity (Wildman–Crippen MR) is 125 cm³/mol. The van der Waals surface area contributed by atoms with Crippen molar-refractivity contribution in [3.05, 3.63) is 47.3 Å². The highest BCUT2D eigenvalue weighted by molar-refractivity contribution is 9.10. The van der Waals surface area contributed by atoms with E-state index in [0.29, 0.717) is 24.7 Å². The summed E-state index contributed by atoms with van der Waals surface area (Å²) >= 11 is 3.41. The zero-order chi connectivity index (χ0) is 29.2. The van der Waals surface area contributed by atoms with Crippen molar-refractivity contribution >= 4 is 45.0 Å². The Hall–Kier alpha value is -4.42. The topological polar surface area (TPSA) is 179 Å². The number of halogens is 7. The van der Waals surface area contributed by atoms with Crippen molar-refractivity contribution < 1.29 is 50.9 Å². The number of hydrogen-bond donors (Lipinski definition) is 5. The van der Waals surface area contributed by atoms with Crippen LogP contribution in [-0.4, -0.2) is 77.8 Å². The van der Waals surface area contributed by atoms with Gasteiger partial charge in [0.05, 0.1) is 12.1 Å². The third kappa shape index (κ3) is 10.5. The maximum atomic E-state index is 10.6. The SMILES string of the molecule is Brc1cnc2nc(-c3ccc(OCCNc4ncn[nH]4)cc3)[nH]c2c1.O=C(O)C(F)(F)F.O=C(O)C(F)(F)F. The molecule has 0 bridgehead atoms. The third-order valence-electron chi connectivity index (χ3n) is 4.00. The Morgan fingerprint density at radius 2 is 1.59 bits per heavy atom. The van der Waals surface area contributed by atoms with E-state index >= 15 is 0 Å². The molecule has 12 nitrogen and oxygen atoms in total.